The summed E-state index contributed by atoms with van der Waals surface area (Å²) in [6.45, 7) is 5.96. The molecule has 0 spiro atoms. The van der Waals surface area contributed by atoms with Gasteiger partial charge in [-0.25, -0.2) is 9.59 Å². The third-order valence-electron chi connectivity index (χ3n) is 5.38. The molecule has 1 atom stereocenters. The van der Waals surface area contributed by atoms with Crippen LogP contribution in [0.3, 0.4) is 0 Å². The van der Waals surface area contributed by atoms with E-state index < -0.39 is 12.1 Å². The molecule has 1 aromatic carbocycles. The van der Waals surface area contributed by atoms with E-state index in [0.29, 0.717) is 17.9 Å². The van der Waals surface area contributed by atoms with E-state index in [4.69, 9.17) is 13.9 Å². The smallest absolute Gasteiger partial charge is 0.347 e. The van der Waals surface area contributed by atoms with E-state index in [1.54, 1.807) is 19.9 Å². The van der Waals surface area contributed by atoms with Gasteiger partial charge >= 0.3 is 11.6 Å². The lowest BCUT2D eigenvalue weighted by molar-refractivity contribution is -0.150. The summed E-state index contributed by atoms with van der Waals surface area (Å²) in [5, 5.41) is 1.01. The van der Waals surface area contributed by atoms with Crippen molar-refractivity contribution in [2.45, 2.75) is 78.2 Å². The normalized spacial score (nSPS) is 14.1. The Labute approximate surface area is 166 Å². The Balaban J connectivity index is 1.97. The minimum Gasteiger partial charge on any atom is -0.479 e. The largest absolute Gasteiger partial charge is 0.479 e. The predicted molar refractivity (Wildman–Crippen MR) is 109 cm³/mol. The van der Waals surface area contributed by atoms with Crippen LogP contribution in [0.1, 0.15) is 69.6 Å². The molecule has 0 bridgehead atoms. The van der Waals surface area contributed by atoms with E-state index in [1.165, 1.54) is 12.8 Å². The summed E-state index contributed by atoms with van der Waals surface area (Å²) in [5.41, 5.74) is 3.28. The van der Waals surface area contributed by atoms with Gasteiger partial charge in [0.05, 0.1) is 6.61 Å². The van der Waals surface area contributed by atoms with Crippen molar-refractivity contribution in [2.24, 2.45) is 0 Å². The van der Waals surface area contributed by atoms with Crippen LogP contribution in [-0.4, -0.2) is 18.7 Å². The van der Waals surface area contributed by atoms with Crippen LogP contribution in [0.2, 0.25) is 0 Å². The Bertz CT molecular complexity index is 896. The molecule has 0 unspecified atom stereocenters. The second-order valence-electron chi connectivity index (χ2n) is 7.48. The first-order valence-electron chi connectivity index (χ1n) is 10.5. The number of aryl methyl sites for hydroxylation is 2. The summed E-state index contributed by atoms with van der Waals surface area (Å²) >= 11 is 0. The van der Waals surface area contributed by atoms with Crippen LogP contribution in [0.4, 0.5) is 0 Å². The molecule has 1 aliphatic carbocycles. The maximum atomic E-state index is 12.3. The highest BCUT2D eigenvalue weighted by atomic mass is 16.6. The molecule has 28 heavy (non-hydrogen) atoms. The average molecular weight is 386 g/mol. The molecule has 2 aromatic rings. The highest BCUT2D eigenvalue weighted by Crippen LogP contribution is 2.33. The standard InChI is InChI=1S/C23H30O5/c1-4-6-7-8-10-16-13-19-17-11-9-12-18(17)23(25)28-21(19)14-20(16)27-15(3)22(24)26-5-2/h13-15H,4-12H2,1-3H3/t15-/m0/s1. The zero-order chi connectivity index (χ0) is 20.1. The Morgan fingerprint density at radius 2 is 1.93 bits per heavy atom. The van der Waals surface area contributed by atoms with Crippen LogP contribution >= 0.6 is 0 Å². The number of carbonyl (C=O) groups excluding carboxylic acids is 1. The molecule has 1 aliphatic rings. The number of ether oxygens (including phenoxy) is 2. The van der Waals surface area contributed by atoms with Gasteiger partial charge in [-0.05, 0) is 63.1 Å². The highest BCUT2D eigenvalue weighted by molar-refractivity contribution is 5.84. The molecule has 0 saturated heterocycles. The Hall–Kier alpha value is -2.30. The molecule has 0 amide bonds. The zero-order valence-corrected chi connectivity index (χ0v) is 17.1. The molecule has 5 nitrogen and oxygen atoms in total. The minimum absolute atomic E-state index is 0.250. The maximum absolute atomic E-state index is 12.3. The van der Waals surface area contributed by atoms with E-state index in [-0.39, 0.29) is 5.63 Å². The predicted octanol–water partition coefficient (Wildman–Crippen LogP) is 4.73. The van der Waals surface area contributed by atoms with Crippen molar-refractivity contribution in [3.8, 4) is 5.75 Å². The van der Waals surface area contributed by atoms with Gasteiger partial charge in [0.15, 0.2) is 6.10 Å². The summed E-state index contributed by atoms with van der Waals surface area (Å²) in [6.07, 6.45) is 7.44. The molecule has 0 aliphatic heterocycles. The molecule has 0 radical (unpaired) electrons. The lowest BCUT2D eigenvalue weighted by Gasteiger charge is -2.18. The van der Waals surface area contributed by atoms with Crippen molar-refractivity contribution < 1.29 is 18.7 Å². The van der Waals surface area contributed by atoms with Gasteiger partial charge in [-0.2, -0.15) is 0 Å². The fraction of sp³-hybridized carbons (Fsp3) is 0.565. The number of carbonyl (C=O) groups is 1. The number of esters is 1. The zero-order valence-electron chi connectivity index (χ0n) is 17.1. The second-order valence-corrected chi connectivity index (χ2v) is 7.48. The summed E-state index contributed by atoms with van der Waals surface area (Å²) in [6, 6.07) is 3.88. The van der Waals surface area contributed by atoms with Gasteiger partial charge in [0.1, 0.15) is 11.3 Å². The lowest BCUT2D eigenvalue weighted by atomic mass is 10.00. The number of unbranched alkanes of at least 4 members (excludes halogenated alkanes) is 3. The van der Waals surface area contributed by atoms with Gasteiger partial charge in [-0.1, -0.05) is 26.2 Å². The molecule has 5 heteroatoms. The van der Waals surface area contributed by atoms with Gasteiger partial charge < -0.3 is 13.9 Å². The number of hydrogen-bond acceptors (Lipinski definition) is 5. The maximum Gasteiger partial charge on any atom is 0.347 e. The number of benzene rings is 1. The minimum atomic E-state index is -0.715. The second kappa shape index (κ2) is 9.26. The van der Waals surface area contributed by atoms with Gasteiger partial charge in [0, 0.05) is 17.0 Å². The van der Waals surface area contributed by atoms with Gasteiger partial charge in [-0.3, -0.25) is 0 Å². The van der Waals surface area contributed by atoms with Crippen molar-refractivity contribution in [3.05, 3.63) is 39.2 Å². The van der Waals surface area contributed by atoms with Crippen molar-refractivity contribution >= 4 is 16.9 Å². The molecule has 0 fully saturated rings. The fourth-order valence-electron chi connectivity index (χ4n) is 3.90. The third-order valence-corrected chi connectivity index (χ3v) is 5.38. The van der Waals surface area contributed by atoms with Crippen LogP contribution in [0.5, 0.6) is 5.75 Å². The van der Waals surface area contributed by atoms with Crippen LogP contribution in [-0.2, 0) is 28.8 Å². The van der Waals surface area contributed by atoms with E-state index >= 15 is 0 Å². The van der Waals surface area contributed by atoms with Gasteiger partial charge in [-0.15, -0.1) is 0 Å². The summed E-state index contributed by atoms with van der Waals surface area (Å²) in [5.74, 6) is 0.209. The van der Waals surface area contributed by atoms with Crippen molar-refractivity contribution in [2.75, 3.05) is 6.61 Å². The first kappa shape index (κ1) is 20.4. The molecule has 152 valence electrons. The molecule has 3 rings (SSSR count). The van der Waals surface area contributed by atoms with Crippen molar-refractivity contribution in [1.29, 1.82) is 0 Å². The number of rotatable bonds is 9. The van der Waals surface area contributed by atoms with E-state index in [1.807, 2.05) is 0 Å². The van der Waals surface area contributed by atoms with E-state index in [9.17, 15) is 9.59 Å². The van der Waals surface area contributed by atoms with Gasteiger partial charge in [0.2, 0.25) is 0 Å². The Morgan fingerprint density at radius 3 is 2.68 bits per heavy atom. The third kappa shape index (κ3) is 4.40. The topological polar surface area (TPSA) is 65.7 Å². The Morgan fingerprint density at radius 1 is 1.14 bits per heavy atom. The first-order valence-corrected chi connectivity index (χ1v) is 10.5. The number of hydrogen-bond donors (Lipinski definition) is 0. The summed E-state index contributed by atoms with van der Waals surface area (Å²) in [4.78, 5) is 24.3. The first-order chi connectivity index (χ1) is 13.5. The number of fused-ring (bicyclic) bond motifs is 3. The highest BCUT2D eigenvalue weighted by Gasteiger charge is 2.23. The Kier molecular flexibility index (Phi) is 6.76. The fourth-order valence-corrected chi connectivity index (χ4v) is 3.90. The van der Waals surface area contributed by atoms with Crippen LogP contribution < -0.4 is 10.4 Å². The molecular formula is C23H30O5. The molecule has 0 saturated carbocycles. The van der Waals surface area contributed by atoms with E-state index in [2.05, 4.69) is 13.0 Å². The lowest BCUT2D eigenvalue weighted by Crippen LogP contribution is -2.26. The van der Waals surface area contributed by atoms with Crippen LogP contribution in [0.25, 0.3) is 11.0 Å². The molecular weight excluding hydrogens is 356 g/mol. The van der Waals surface area contributed by atoms with E-state index in [0.717, 1.165) is 60.6 Å². The monoisotopic (exact) mass is 386 g/mol. The summed E-state index contributed by atoms with van der Waals surface area (Å²) in [7, 11) is 0. The summed E-state index contributed by atoms with van der Waals surface area (Å²) < 4.78 is 16.6. The molecule has 1 aromatic heterocycles. The van der Waals surface area contributed by atoms with Gasteiger partial charge in [0.25, 0.3) is 0 Å². The van der Waals surface area contributed by atoms with Crippen LogP contribution in [0, 0.1) is 0 Å². The molecule has 1 heterocycles. The van der Waals surface area contributed by atoms with Crippen molar-refractivity contribution in [3.63, 3.8) is 0 Å². The van der Waals surface area contributed by atoms with Crippen molar-refractivity contribution in [1.82, 2.24) is 0 Å². The van der Waals surface area contributed by atoms with Crippen LogP contribution in [0.15, 0.2) is 21.3 Å². The molecule has 0 N–H and O–H groups in total. The SMILES string of the molecule is CCCCCCc1cc2c3c(c(=O)oc2cc1O[C@@H](C)C(=O)OCC)CCC3. The quantitative estimate of drug-likeness (QED) is 0.354. The average Bonchev–Trinajstić information content (AvgIpc) is 3.17.